The van der Waals surface area contributed by atoms with Gasteiger partial charge in [0.15, 0.2) is 23.9 Å². The first kappa shape index (κ1) is 41.6. The molecule has 53 heavy (non-hydrogen) atoms. The quantitative estimate of drug-likeness (QED) is 0.0673. The Morgan fingerprint density at radius 3 is 2.19 bits per heavy atom. The van der Waals surface area contributed by atoms with E-state index in [2.05, 4.69) is 19.3 Å². The van der Waals surface area contributed by atoms with Gasteiger partial charge in [-0.1, -0.05) is 0 Å². The minimum atomic E-state index is -5.45. The second-order valence-corrected chi connectivity index (χ2v) is 18.1. The van der Waals surface area contributed by atoms with Gasteiger partial charge in [0.1, 0.15) is 48.5 Å². The smallest absolute Gasteiger partial charge is 0.387 e. The van der Waals surface area contributed by atoms with E-state index in [1.165, 1.54) is 10.9 Å². The molecule has 0 spiro atoms. The predicted octanol–water partition coefficient (Wildman–Crippen LogP) is -2.51. The summed E-state index contributed by atoms with van der Waals surface area (Å²) >= 11 is 0. The number of nitrogen functional groups attached to an aromatic ring is 1. The van der Waals surface area contributed by atoms with Gasteiger partial charge in [0.25, 0.3) is 5.56 Å². The van der Waals surface area contributed by atoms with E-state index in [0.717, 1.165) is 30.3 Å². The van der Waals surface area contributed by atoms with Crippen LogP contribution in [0, 0.1) is 0 Å². The Hall–Kier alpha value is -2.61. The molecule has 2 saturated heterocycles. The average Bonchev–Trinajstić information content (AvgIpc) is 3.71. The van der Waals surface area contributed by atoms with E-state index in [1.807, 2.05) is 4.98 Å². The van der Waals surface area contributed by atoms with Crippen molar-refractivity contribution in [1.82, 2.24) is 29.1 Å². The summed E-state index contributed by atoms with van der Waals surface area (Å²) in [5, 5.41) is 21.0. The lowest BCUT2D eigenvalue weighted by Gasteiger charge is -2.26. The van der Waals surface area contributed by atoms with Crippen molar-refractivity contribution in [3.8, 4) is 0 Å². The zero-order chi connectivity index (χ0) is 39.1. The summed E-state index contributed by atoms with van der Waals surface area (Å²) < 4.78 is 87.2. The number of phosphoric ester groups is 1. The van der Waals surface area contributed by atoms with Crippen LogP contribution in [0.15, 0.2) is 34.5 Å². The first-order valence-corrected chi connectivity index (χ1v) is 21.3. The van der Waals surface area contributed by atoms with Crippen LogP contribution in [0.25, 0.3) is 11.2 Å². The number of nitrogens with zero attached hydrogens (tertiary/aromatic N) is 5. The maximum Gasteiger partial charge on any atom is 0.476 e. The lowest BCUT2D eigenvalue weighted by Crippen LogP contribution is -2.38. The van der Waals surface area contributed by atoms with Gasteiger partial charge < -0.3 is 59.1 Å². The molecular weight excluding hydrogens is 806 g/mol. The van der Waals surface area contributed by atoms with Gasteiger partial charge in [0.05, 0.1) is 31.9 Å². The third kappa shape index (κ3) is 9.99. The molecule has 0 aromatic carbocycles. The average molecular weight is 839 g/mol. The van der Waals surface area contributed by atoms with E-state index in [4.69, 9.17) is 43.3 Å². The molecule has 3 aromatic rings. The Labute approximate surface area is 295 Å². The number of H-pyrrole nitrogens is 1. The number of aliphatic hydroxyl groups is 2. The summed E-state index contributed by atoms with van der Waals surface area (Å²) in [6, 6.07) is 0.947. The van der Waals surface area contributed by atoms with Crippen molar-refractivity contribution in [3.63, 3.8) is 0 Å². The van der Waals surface area contributed by atoms with Crippen LogP contribution in [-0.4, -0.2) is 133 Å². The summed E-state index contributed by atoms with van der Waals surface area (Å²) in [7, 11) is -19.6. The van der Waals surface area contributed by atoms with Crippen molar-refractivity contribution in [2.24, 2.45) is 0 Å². The van der Waals surface area contributed by atoms with Crippen molar-refractivity contribution < 1.29 is 85.0 Å². The highest BCUT2D eigenvalue weighted by Gasteiger charge is 2.52. The predicted molar refractivity (Wildman–Crippen MR) is 171 cm³/mol. The molecule has 2 aliphatic rings. The van der Waals surface area contributed by atoms with Crippen molar-refractivity contribution in [2.45, 2.75) is 49.1 Å². The molecule has 0 aliphatic carbocycles. The molecule has 31 heteroatoms. The van der Waals surface area contributed by atoms with Gasteiger partial charge in [-0.15, -0.1) is 0 Å². The van der Waals surface area contributed by atoms with E-state index < -0.39 is 117 Å². The van der Waals surface area contributed by atoms with Crippen molar-refractivity contribution >= 4 is 47.8 Å². The van der Waals surface area contributed by atoms with Gasteiger partial charge in [-0.05, 0) is 0 Å². The molecule has 5 heterocycles. The number of anilines is 1. The van der Waals surface area contributed by atoms with E-state index in [-0.39, 0.29) is 17.0 Å². The molecule has 0 saturated carbocycles. The van der Waals surface area contributed by atoms with Gasteiger partial charge in [-0.3, -0.25) is 37.1 Å². The minimum Gasteiger partial charge on any atom is -0.387 e. The highest BCUT2D eigenvalue weighted by Crippen LogP contribution is 2.59. The molecule has 0 bridgehead atoms. The first-order valence-electron chi connectivity index (χ1n) is 14.8. The summed E-state index contributed by atoms with van der Waals surface area (Å²) in [6.07, 6.45) is -11.8. The van der Waals surface area contributed by atoms with Gasteiger partial charge in [0, 0.05) is 19.4 Å². The Kier molecular flexibility index (Phi) is 12.4. The van der Waals surface area contributed by atoms with Crippen LogP contribution in [0.1, 0.15) is 12.5 Å². The first-order chi connectivity index (χ1) is 24.6. The van der Waals surface area contributed by atoms with Gasteiger partial charge in [0.2, 0.25) is 0 Å². The summed E-state index contributed by atoms with van der Waals surface area (Å²) in [4.78, 5) is 86.0. The number of nitrogens with two attached hydrogens (primary N) is 1. The van der Waals surface area contributed by atoms with Crippen molar-refractivity contribution in [3.05, 3.63) is 45.8 Å². The molecule has 3 aromatic heterocycles. The number of aromatic nitrogens is 6. The van der Waals surface area contributed by atoms with Crippen molar-refractivity contribution in [2.75, 3.05) is 38.4 Å². The van der Waals surface area contributed by atoms with Crippen LogP contribution in [0.5, 0.6) is 0 Å². The van der Waals surface area contributed by atoms with Crippen molar-refractivity contribution in [1.29, 1.82) is 0 Å². The van der Waals surface area contributed by atoms with Crippen LogP contribution in [-0.2, 0) is 50.4 Å². The van der Waals surface area contributed by atoms with Gasteiger partial charge in [-0.2, -0.15) is 0 Å². The van der Waals surface area contributed by atoms with Crippen LogP contribution >= 0.6 is 30.8 Å². The van der Waals surface area contributed by atoms with Crippen LogP contribution in [0.3, 0.4) is 0 Å². The van der Waals surface area contributed by atoms with E-state index in [1.54, 1.807) is 0 Å². The molecule has 0 amide bonds. The number of hydrogen-bond donors (Lipinski definition) is 9. The number of fused-ring (bicyclic) bond motifs is 1. The normalized spacial score (nSPS) is 29.9. The zero-order valence-electron chi connectivity index (χ0n) is 26.8. The van der Waals surface area contributed by atoms with Gasteiger partial charge >= 0.3 is 36.5 Å². The fourth-order valence-electron chi connectivity index (χ4n) is 5.29. The van der Waals surface area contributed by atoms with E-state index in [0.29, 0.717) is 0 Å². The van der Waals surface area contributed by atoms with Gasteiger partial charge in [-0.25, -0.2) is 33.2 Å². The number of methoxy groups -OCH3 is 1. The molecule has 2 aliphatic heterocycles. The molecule has 296 valence electrons. The molecule has 10 N–H and O–H groups in total. The Bertz CT molecular complexity index is 2110. The molecule has 3 unspecified atom stereocenters. The lowest BCUT2D eigenvalue weighted by molar-refractivity contribution is -0.0609. The Morgan fingerprint density at radius 1 is 0.868 bits per heavy atom. The number of rotatable bonds is 16. The third-order valence-corrected chi connectivity index (χ3v) is 13.0. The molecule has 5 rings (SSSR count). The van der Waals surface area contributed by atoms with Crippen LogP contribution in [0.4, 0.5) is 5.82 Å². The standard InChI is InChI=1S/C22H33N7O20P4/c1-43-17-16(48-53(41,42)45-6-10-14(31)15(32)20(46-10)28-3-2-12(30)27-22(28)33)11(7-44-50(34,35)4-5-51(36,37)49-52(38,39)40)47-21(17)29-9-26-13-18(23)24-8-25-19(13)29/h2-3,8-11,14-17,20-21,31-32H,4-7H2,1H3,(H,34,35)(H,36,37)(H,41,42)(H2,23,24,25)(H,27,30,33)(H2,38,39,40)/t10-,11-,14-,15-,16-,17-,20-,21-/m1/s1. The van der Waals surface area contributed by atoms with E-state index in [9.17, 15) is 52.7 Å². The minimum absolute atomic E-state index is 0.0270. The molecule has 2 fully saturated rings. The molecular formula is C22H33N7O20P4. The third-order valence-electron chi connectivity index (χ3n) is 7.68. The topological polar surface area (TPSA) is 399 Å². The number of imidazole rings is 1. The zero-order valence-corrected chi connectivity index (χ0v) is 30.4. The summed E-state index contributed by atoms with van der Waals surface area (Å²) in [5.74, 6) is -0.0270. The fraction of sp³-hybridized carbons (Fsp3) is 0.591. The maximum atomic E-state index is 13.3. The molecule has 0 radical (unpaired) electrons. The summed E-state index contributed by atoms with van der Waals surface area (Å²) in [6.45, 7) is -1.87. The Balaban J connectivity index is 1.34. The van der Waals surface area contributed by atoms with E-state index >= 15 is 0 Å². The SMILES string of the molecule is CO[C@@H]1[C@H](OP(=O)(O)OC[C@H]2O[C@@H](n3ccc(=O)[nH]c3=O)[C@H](O)[C@@H]2O)[C@@H](COP(=O)(O)CCP(=O)(O)OP(=O)(O)O)O[C@H]1n1cnc2c(N)ncnc21. The number of aliphatic hydroxyl groups excluding tert-OH is 2. The number of nitrogens with one attached hydrogen (secondary N) is 1. The Morgan fingerprint density at radius 2 is 1.53 bits per heavy atom. The highest BCUT2D eigenvalue weighted by molar-refractivity contribution is 7.64. The second-order valence-electron chi connectivity index (χ2n) is 11.3. The molecule has 11 atom stereocenters. The largest absolute Gasteiger partial charge is 0.476 e. The lowest BCUT2D eigenvalue weighted by atomic mass is 10.1. The van der Waals surface area contributed by atoms with Crippen LogP contribution in [0.2, 0.25) is 0 Å². The highest BCUT2D eigenvalue weighted by atomic mass is 31.3. The number of ether oxygens (including phenoxy) is 3. The van der Waals surface area contributed by atoms with Crippen LogP contribution < -0.4 is 17.0 Å². The monoisotopic (exact) mass is 839 g/mol. The fourth-order valence-corrected chi connectivity index (χ4v) is 10.4. The summed E-state index contributed by atoms with van der Waals surface area (Å²) in [5.41, 5.74) is 4.33. The number of phosphoric acid groups is 2. The second kappa shape index (κ2) is 15.9. The maximum absolute atomic E-state index is 13.3. The number of hydrogen-bond acceptors (Lipinski definition) is 19. The number of aromatic amines is 1. The molecule has 27 nitrogen and oxygen atoms in total.